The Morgan fingerprint density at radius 2 is 2.05 bits per heavy atom. The predicted molar refractivity (Wildman–Crippen MR) is 79.3 cm³/mol. The van der Waals surface area contributed by atoms with Crippen LogP contribution in [0.15, 0.2) is 28.9 Å². The molecule has 0 atom stereocenters. The Hall–Kier alpha value is -2.30. The van der Waals surface area contributed by atoms with E-state index < -0.39 is 11.4 Å². The summed E-state index contributed by atoms with van der Waals surface area (Å²) < 4.78 is 5.37. The number of aliphatic carboxylic acids is 1. The van der Waals surface area contributed by atoms with Crippen molar-refractivity contribution in [3.8, 4) is 0 Å². The van der Waals surface area contributed by atoms with Gasteiger partial charge in [-0.3, -0.25) is 9.59 Å². The number of carbonyl (C=O) groups is 2. The number of hydrogen-bond acceptors (Lipinski definition) is 3. The van der Waals surface area contributed by atoms with Crippen molar-refractivity contribution in [3.63, 3.8) is 0 Å². The van der Waals surface area contributed by atoms with E-state index in [0.717, 1.165) is 17.4 Å². The second kappa shape index (κ2) is 5.60. The molecule has 2 N–H and O–H groups in total. The van der Waals surface area contributed by atoms with Gasteiger partial charge in [0.15, 0.2) is 0 Å². The first-order valence-corrected chi connectivity index (χ1v) is 6.87. The summed E-state index contributed by atoms with van der Waals surface area (Å²) >= 11 is 0. The Labute approximate surface area is 122 Å². The first-order valence-electron chi connectivity index (χ1n) is 6.87. The number of benzene rings is 1. The van der Waals surface area contributed by atoms with E-state index in [1.54, 1.807) is 13.8 Å². The van der Waals surface area contributed by atoms with Gasteiger partial charge >= 0.3 is 5.97 Å². The van der Waals surface area contributed by atoms with Gasteiger partial charge in [0, 0.05) is 11.9 Å². The third-order valence-corrected chi connectivity index (χ3v) is 3.56. The van der Waals surface area contributed by atoms with Gasteiger partial charge in [-0.25, -0.2) is 0 Å². The fourth-order valence-electron chi connectivity index (χ4n) is 1.94. The van der Waals surface area contributed by atoms with Crippen molar-refractivity contribution in [2.75, 3.05) is 6.54 Å². The summed E-state index contributed by atoms with van der Waals surface area (Å²) in [4.78, 5) is 23.3. The lowest BCUT2D eigenvalue weighted by Gasteiger charge is -2.19. The SMILES string of the molecule is CCc1ccc2occ(C(=O)NCC(C)(C)C(=O)O)c2c1. The third kappa shape index (κ3) is 3.07. The fraction of sp³-hybridized carbons (Fsp3) is 0.375. The summed E-state index contributed by atoms with van der Waals surface area (Å²) in [6.07, 6.45) is 2.28. The van der Waals surface area contributed by atoms with Gasteiger partial charge in [-0.1, -0.05) is 13.0 Å². The van der Waals surface area contributed by atoms with Crippen molar-refractivity contribution in [3.05, 3.63) is 35.6 Å². The average Bonchev–Trinajstić information content (AvgIpc) is 2.87. The van der Waals surface area contributed by atoms with Gasteiger partial charge < -0.3 is 14.8 Å². The van der Waals surface area contributed by atoms with Crippen molar-refractivity contribution in [2.45, 2.75) is 27.2 Å². The van der Waals surface area contributed by atoms with Crippen LogP contribution >= 0.6 is 0 Å². The maximum atomic E-state index is 12.2. The highest BCUT2D eigenvalue weighted by Gasteiger charge is 2.28. The van der Waals surface area contributed by atoms with Crippen molar-refractivity contribution in [1.82, 2.24) is 5.32 Å². The lowest BCUT2D eigenvalue weighted by Crippen LogP contribution is -2.38. The van der Waals surface area contributed by atoms with Crippen molar-refractivity contribution < 1.29 is 19.1 Å². The number of nitrogens with one attached hydrogen (secondary N) is 1. The zero-order valence-corrected chi connectivity index (χ0v) is 12.4. The largest absolute Gasteiger partial charge is 0.481 e. The van der Waals surface area contributed by atoms with Crippen LogP contribution in [0.2, 0.25) is 0 Å². The Morgan fingerprint density at radius 1 is 1.33 bits per heavy atom. The highest BCUT2D eigenvalue weighted by atomic mass is 16.4. The van der Waals surface area contributed by atoms with Crippen LogP contribution in [0.1, 0.15) is 36.7 Å². The molecule has 5 heteroatoms. The van der Waals surface area contributed by atoms with E-state index in [-0.39, 0.29) is 12.5 Å². The summed E-state index contributed by atoms with van der Waals surface area (Å²) in [5.74, 6) is -1.27. The first-order chi connectivity index (χ1) is 9.85. The zero-order chi connectivity index (χ0) is 15.6. The van der Waals surface area contributed by atoms with E-state index in [4.69, 9.17) is 9.52 Å². The highest BCUT2D eigenvalue weighted by Crippen LogP contribution is 2.23. The summed E-state index contributed by atoms with van der Waals surface area (Å²) in [7, 11) is 0. The van der Waals surface area contributed by atoms with E-state index in [1.807, 2.05) is 25.1 Å². The van der Waals surface area contributed by atoms with Crippen molar-refractivity contribution >= 4 is 22.8 Å². The summed E-state index contributed by atoms with van der Waals surface area (Å²) in [5, 5.41) is 12.5. The van der Waals surface area contributed by atoms with Crippen LogP contribution in [0.3, 0.4) is 0 Å². The molecule has 1 aromatic carbocycles. The number of carbonyl (C=O) groups excluding carboxylic acids is 1. The standard InChI is InChI=1S/C16H19NO4/c1-4-10-5-6-13-11(7-10)12(8-21-13)14(18)17-9-16(2,3)15(19)20/h5-8H,4,9H2,1-3H3,(H,17,18)(H,19,20). The Morgan fingerprint density at radius 3 is 2.67 bits per heavy atom. The molecule has 0 saturated carbocycles. The van der Waals surface area contributed by atoms with Crippen molar-refractivity contribution in [2.24, 2.45) is 5.41 Å². The van der Waals surface area contributed by atoms with Crippen LogP contribution < -0.4 is 5.32 Å². The van der Waals surface area contributed by atoms with E-state index in [9.17, 15) is 9.59 Å². The van der Waals surface area contributed by atoms with Gasteiger partial charge in [-0.2, -0.15) is 0 Å². The van der Waals surface area contributed by atoms with E-state index in [2.05, 4.69) is 5.32 Å². The molecule has 0 aliphatic carbocycles. The lowest BCUT2D eigenvalue weighted by atomic mass is 9.94. The minimum atomic E-state index is -1.01. The van der Waals surface area contributed by atoms with Gasteiger partial charge in [0.25, 0.3) is 5.91 Å². The van der Waals surface area contributed by atoms with E-state index in [1.165, 1.54) is 6.26 Å². The summed E-state index contributed by atoms with van der Waals surface area (Å²) in [5.41, 5.74) is 1.18. The van der Waals surface area contributed by atoms with Gasteiger partial charge in [0.1, 0.15) is 11.8 Å². The highest BCUT2D eigenvalue weighted by molar-refractivity contribution is 6.06. The van der Waals surface area contributed by atoms with Gasteiger partial charge in [-0.15, -0.1) is 0 Å². The molecule has 2 rings (SSSR count). The molecule has 112 valence electrons. The molecule has 21 heavy (non-hydrogen) atoms. The third-order valence-electron chi connectivity index (χ3n) is 3.56. The molecule has 0 aliphatic rings. The van der Waals surface area contributed by atoms with E-state index >= 15 is 0 Å². The monoisotopic (exact) mass is 289 g/mol. The molecule has 0 radical (unpaired) electrons. The van der Waals surface area contributed by atoms with Gasteiger partial charge in [0.2, 0.25) is 0 Å². The molecule has 0 aliphatic heterocycles. The molecule has 0 bridgehead atoms. The average molecular weight is 289 g/mol. The molecule has 0 unspecified atom stereocenters. The zero-order valence-electron chi connectivity index (χ0n) is 12.4. The number of carboxylic acids is 1. The molecule has 5 nitrogen and oxygen atoms in total. The number of furan rings is 1. The minimum absolute atomic E-state index is 0.0569. The Bertz CT molecular complexity index is 685. The molecule has 2 aromatic rings. The number of amides is 1. The fourth-order valence-corrected chi connectivity index (χ4v) is 1.94. The Balaban J connectivity index is 2.22. The van der Waals surface area contributed by atoms with Crippen LogP contribution in [0.5, 0.6) is 0 Å². The number of fused-ring (bicyclic) bond motifs is 1. The topological polar surface area (TPSA) is 79.5 Å². The first kappa shape index (κ1) is 15.1. The molecule has 1 aromatic heterocycles. The Kier molecular flexibility index (Phi) is 4.02. The van der Waals surface area contributed by atoms with E-state index in [0.29, 0.717) is 11.1 Å². The minimum Gasteiger partial charge on any atom is -0.481 e. The molecule has 0 spiro atoms. The van der Waals surface area contributed by atoms with Crippen LogP contribution in [-0.2, 0) is 11.2 Å². The van der Waals surface area contributed by atoms with Gasteiger partial charge in [0.05, 0.1) is 11.0 Å². The predicted octanol–water partition coefficient (Wildman–Crippen LogP) is 2.84. The number of hydrogen-bond donors (Lipinski definition) is 2. The maximum Gasteiger partial charge on any atom is 0.310 e. The van der Waals surface area contributed by atoms with Crippen LogP contribution in [0.25, 0.3) is 11.0 Å². The second-order valence-corrected chi connectivity index (χ2v) is 5.71. The normalized spacial score (nSPS) is 11.6. The van der Waals surface area contributed by atoms with Crippen LogP contribution in [-0.4, -0.2) is 23.5 Å². The molecular weight excluding hydrogens is 270 g/mol. The molecule has 0 saturated heterocycles. The number of carboxylic acid groups (broad SMARTS) is 1. The second-order valence-electron chi connectivity index (χ2n) is 5.71. The van der Waals surface area contributed by atoms with Crippen LogP contribution in [0.4, 0.5) is 0 Å². The number of rotatable bonds is 5. The quantitative estimate of drug-likeness (QED) is 0.887. The molecule has 1 amide bonds. The molecular formula is C16H19NO4. The molecule has 0 fully saturated rings. The maximum absolute atomic E-state index is 12.2. The smallest absolute Gasteiger partial charge is 0.310 e. The lowest BCUT2D eigenvalue weighted by molar-refractivity contribution is -0.146. The number of aryl methyl sites for hydroxylation is 1. The van der Waals surface area contributed by atoms with Gasteiger partial charge in [-0.05, 0) is 38.0 Å². The molecule has 1 heterocycles. The summed E-state index contributed by atoms with van der Waals surface area (Å²) in [6, 6.07) is 5.73. The van der Waals surface area contributed by atoms with Crippen LogP contribution in [0, 0.1) is 5.41 Å². The summed E-state index contributed by atoms with van der Waals surface area (Å²) in [6.45, 7) is 5.23. The van der Waals surface area contributed by atoms with Crippen molar-refractivity contribution in [1.29, 1.82) is 0 Å².